The van der Waals surface area contributed by atoms with Crippen LogP contribution in [0.1, 0.15) is 18.4 Å². The molecule has 1 fully saturated rings. The molecule has 1 amide bonds. The van der Waals surface area contributed by atoms with Gasteiger partial charge in [-0.2, -0.15) is 0 Å². The van der Waals surface area contributed by atoms with E-state index < -0.39 is 0 Å². The van der Waals surface area contributed by atoms with Crippen molar-refractivity contribution in [2.75, 3.05) is 19.6 Å². The number of benzene rings is 1. The zero-order valence-corrected chi connectivity index (χ0v) is 12.4. The van der Waals surface area contributed by atoms with Gasteiger partial charge in [0.25, 0.3) is 0 Å². The maximum absolute atomic E-state index is 11.9. The molecule has 5 heteroatoms. The van der Waals surface area contributed by atoms with Gasteiger partial charge in [-0.15, -0.1) is 12.4 Å². The fourth-order valence-electron chi connectivity index (χ4n) is 2.25. The predicted octanol–water partition coefficient (Wildman–Crippen LogP) is 2.42. The van der Waals surface area contributed by atoms with Crippen LogP contribution >= 0.6 is 24.0 Å². The molecule has 3 nitrogen and oxygen atoms in total. The molecule has 0 saturated carbocycles. The largest absolute Gasteiger partial charge is 0.356 e. The van der Waals surface area contributed by atoms with Crippen LogP contribution in [0.25, 0.3) is 0 Å². The lowest BCUT2D eigenvalue weighted by Gasteiger charge is -2.21. The number of rotatable bonds is 4. The topological polar surface area (TPSA) is 41.1 Å². The minimum Gasteiger partial charge on any atom is -0.356 e. The number of amides is 1. The first kappa shape index (κ1) is 16.3. The third-order valence-electron chi connectivity index (χ3n) is 3.31. The number of hydrogen-bond acceptors (Lipinski definition) is 2. The van der Waals surface area contributed by atoms with E-state index in [9.17, 15) is 4.79 Å². The Morgan fingerprint density at radius 3 is 2.79 bits per heavy atom. The summed E-state index contributed by atoms with van der Waals surface area (Å²) in [7, 11) is 0. The Kier molecular flexibility index (Phi) is 7.21. The van der Waals surface area contributed by atoms with Gasteiger partial charge in [0.1, 0.15) is 0 Å². The third-order valence-corrected chi connectivity index (χ3v) is 3.55. The summed E-state index contributed by atoms with van der Waals surface area (Å²) in [6, 6.07) is 7.77. The molecule has 2 rings (SSSR count). The summed E-state index contributed by atoms with van der Waals surface area (Å²) in [6.07, 6.45) is 2.73. The van der Waals surface area contributed by atoms with Crippen LogP contribution in [-0.4, -0.2) is 25.5 Å². The standard InChI is InChI=1S/C14H19ClN2O.ClH/c15-13-3-1-2-11(10-13)4-9-17-14(18)12-5-7-16-8-6-12;/h1-3,10,12,16H,4-9H2,(H,17,18);1H. The second-order valence-corrected chi connectivity index (χ2v) is 5.13. The first-order valence-corrected chi connectivity index (χ1v) is 6.86. The van der Waals surface area contributed by atoms with Crippen molar-refractivity contribution in [2.24, 2.45) is 5.92 Å². The zero-order valence-electron chi connectivity index (χ0n) is 10.8. The smallest absolute Gasteiger partial charge is 0.223 e. The highest BCUT2D eigenvalue weighted by Gasteiger charge is 2.19. The summed E-state index contributed by atoms with van der Waals surface area (Å²) >= 11 is 5.91. The fraction of sp³-hybridized carbons (Fsp3) is 0.500. The zero-order chi connectivity index (χ0) is 12.8. The Balaban J connectivity index is 0.00000180. The molecule has 0 unspecified atom stereocenters. The monoisotopic (exact) mass is 302 g/mol. The average molecular weight is 303 g/mol. The van der Waals surface area contributed by atoms with Crippen molar-refractivity contribution in [2.45, 2.75) is 19.3 Å². The van der Waals surface area contributed by atoms with Gasteiger partial charge in [0.05, 0.1) is 0 Å². The maximum atomic E-state index is 11.9. The summed E-state index contributed by atoms with van der Waals surface area (Å²) in [6.45, 7) is 2.59. The molecule has 19 heavy (non-hydrogen) atoms. The van der Waals surface area contributed by atoms with Gasteiger partial charge in [-0.3, -0.25) is 4.79 Å². The van der Waals surface area contributed by atoms with Gasteiger partial charge in [-0.25, -0.2) is 0 Å². The highest BCUT2D eigenvalue weighted by atomic mass is 35.5. The van der Waals surface area contributed by atoms with E-state index in [1.54, 1.807) is 0 Å². The Morgan fingerprint density at radius 1 is 1.37 bits per heavy atom. The van der Waals surface area contributed by atoms with Gasteiger partial charge < -0.3 is 10.6 Å². The van der Waals surface area contributed by atoms with Gasteiger partial charge in [-0.1, -0.05) is 23.7 Å². The van der Waals surface area contributed by atoms with Crippen LogP contribution in [0, 0.1) is 5.92 Å². The lowest BCUT2D eigenvalue weighted by atomic mass is 9.97. The van der Waals surface area contributed by atoms with Crippen molar-refractivity contribution >= 4 is 29.9 Å². The Morgan fingerprint density at radius 2 is 2.11 bits per heavy atom. The number of carbonyl (C=O) groups excluding carboxylic acids is 1. The molecule has 0 aromatic heterocycles. The van der Waals surface area contributed by atoms with E-state index in [-0.39, 0.29) is 24.2 Å². The van der Waals surface area contributed by atoms with E-state index in [0.717, 1.165) is 42.9 Å². The Bertz CT molecular complexity index is 406. The van der Waals surface area contributed by atoms with Gasteiger partial charge in [0, 0.05) is 17.5 Å². The lowest BCUT2D eigenvalue weighted by molar-refractivity contribution is -0.125. The van der Waals surface area contributed by atoms with E-state index in [4.69, 9.17) is 11.6 Å². The number of nitrogens with one attached hydrogen (secondary N) is 2. The van der Waals surface area contributed by atoms with Crippen LogP contribution in [-0.2, 0) is 11.2 Å². The van der Waals surface area contributed by atoms with Crippen LogP contribution in [0.3, 0.4) is 0 Å². The van der Waals surface area contributed by atoms with E-state index >= 15 is 0 Å². The Labute approximate surface area is 125 Å². The number of hydrogen-bond donors (Lipinski definition) is 2. The number of piperidine rings is 1. The van der Waals surface area contributed by atoms with Crippen molar-refractivity contribution in [1.29, 1.82) is 0 Å². The van der Waals surface area contributed by atoms with Gasteiger partial charge in [0.15, 0.2) is 0 Å². The molecule has 2 N–H and O–H groups in total. The fourth-order valence-corrected chi connectivity index (χ4v) is 2.46. The Hall–Kier alpha value is -0.770. The van der Waals surface area contributed by atoms with Crippen LogP contribution < -0.4 is 10.6 Å². The first-order valence-electron chi connectivity index (χ1n) is 6.48. The van der Waals surface area contributed by atoms with E-state index in [1.165, 1.54) is 0 Å². The van der Waals surface area contributed by atoms with Crippen LogP contribution in [0.2, 0.25) is 5.02 Å². The van der Waals surface area contributed by atoms with Crippen molar-refractivity contribution < 1.29 is 4.79 Å². The van der Waals surface area contributed by atoms with Crippen molar-refractivity contribution in [3.63, 3.8) is 0 Å². The minimum atomic E-state index is 0. The summed E-state index contributed by atoms with van der Waals surface area (Å²) < 4.78 is 0. The number of halogens is 2. The molecular formula is C14H20Cl2N2O. The van der Waals surface area contributed by atoms with E-state index in [0.29, 0.717) is 6.54 Å². The van der Waals surface area contributed by atoms with Gasteiger partial charge >= 0.3 is 0 Å². The second kappa shape index (κ2) is 8.41. The van der Waals surface area contributed by atoms with E-state index in [1.807, 2.05) is 24.3 Å². The van der Waals surface area contributed by atoms with Gasteiger partial charge in [-0.05, 0) is 50.0 Å². The number of carbonyl (C=O) groups is 1. The lowest BCUT2D eigenvalue weighted by Crippen LogP contribution is -2.38. The average Bonchev–Trinajstić information content (AvgIpc) is 2.40. The molecular weight excluding hydrogens is 283 g/mol. The van der Waals surface area contributed by atoms with E-state index in [2.05, 4.69) is 10.6 Å². The molecule has 0 radical (unpaired) electrons. The van der Waals surface area contributed by atoms with Crippen molar-refractivity contribution in [3.8, 4) is 0 Å². The molecule has 106 valence electrons. The molecule has 0 atom stereocenters. The SMILES string of the molecule is Cl.O=C(NCCc1cccc(Cl)c1)C1CCNCC1. The predicted molar refractivity (Wildman–Crippen MR) is 81.0 cm³/mol. The molecule has 1 aliphatic rings. The normalized spacial score (nSPS) is 15.6. The maximum Gasteiger partial charge on any atom is 0.223 e. The highest BCUT2D eigenvalue weighted by molar-refractivity contribution is 6.30. The molecule has 1 aliphatic heterocycles. The first-order chi connectivity index (χ1) is 8.75. The summed E-state index contributed by atoms with van der Waals surface area (Å²) in [5, 5.41) is 7.02. The van der Waals surface area contributed by atoms with Crippen LogP contribution in [0.4, 0.5) is 0 Å². The molecule has 0 aliphatic carbocycles. The molecule has 1 aromatic carbocycles. The molecule has 1 saturated heterocycles. The molecule has 1 heterocycles. The quantitative estimate of drug-likeness (QED) is 0.897. The molecule has 0 spiro atoms. The van der Waals surface area contributed by atoms with Crippen LogP contribution in [0.15, 0.2) is 24.3 Å². The minimum absolute atomic E-state index is 0. The second-order valence-electron chi connectivity index (χ2n) is 4.70. The summed E-state index contributed by atoms with van der Waals surface area (Å²) in [4.78, 5) is 11.9. The summed E-state index contributed by atoms with van der Waals surface area (Å²) in [5.74, 6) is 0.379. The third kappa shape index (κ3) is 5.39. The summed E-state index contributed by atoms with van der Waals surface area (Å²) in [5.41, 5.74) is 1.16. The van der Waals surface area contributed by atoms with Crippen LogP contribution in [0.5, 0.6) is 0 Å². The molecule has 0 bridgehead atoms. The highest BCUT2D eigenvalue weighted by Crippen LogP contribution is 2.12. The van der Waals surface area contributed by atoms with Crippen molar-refractivity contribution in [3.05, 3.63) is 34.9 Å². The van der Waals surface area contributed by atoms with Gasteiger partial charge in [0.2, 0.25) is 5.91 Å². The van der Waals surface area contributed by atoms with Crippen molar-refractivity contribution in [1.82, 2.24) is 10.6 Å². The molecule has 1 aromatic rings.